The van der Waals surface area contributed by atoms with Crippen LogP contribution >= 0.6 is 15.9 Å². The van der Waals surface area contributed by atoms with Crippen molar-refractivity contribution in [2.45, 2.75) is 12.8 Å². The number of rotatable bonds is 5. The molecule has 0 unspecified atom stereocenters. The molecule has 1 nitrogen and oxygen atoms in total. The van der Waals surface area contributed by atoms with Gasteiger partial charge in [-0.3, -0.25) is 0 Å². The van der Waals surface area contributed by atoms with E-state index in [4.69, 9.17) is 0 Å². The number of hydrogen-bond acceptors (Lipinski definition) is 1. The molecule has 0 amide bonds. The van der Waals surface area contributed by atoms with Gasteiger partial charge in [-0.15, -0.1) is 0 Å². The molecule has 1 aromatic carbocycles. The van der Waals surface area contributed by atoms with E-state index >= 15 is 0 Å². The van der Waals surface area contributed by atoms with Crippen molar-refractivity contribution in [3.63, 3.8) is 0 Å². The normalized spacial score (nSPS) is 10.1. The number of benzene rings is 1. The Morgan fingerprint density at radius 2 is 2.29 bits per heavy atom. The highest BCUT2D eigenvalue weighted by atomic mass is 79.9. The first-order valence-corrected chi connectivity index (χ1v) is 5.57. The molecule has 0 saturated carbocycles. The van der Waals surface area contributed by atoms with Crippen LogP contribution in [0, 0.1) is 0 Å². The van der Waals surface area contributed by atoms with Crippen LogP contribution in [0.15, 0.2) is 40.9 Å². The predicted octanol–water partition coefficient (Wildman–Crippen LogP) is 3.16. The van der Waals surface area contributed by atoms with E-state index in [-0.39, 0.29) is 0 Å². The molecule has 1 aromatic rings. The van der Waals surface area contributed by atoms with E-state index in [0.717, 1.165) is 23.9 Å². The molecule has 0 saturated heterocycles. The van der Waals surface area contributed by atoms with Gasteiger partial charge in [0.25, 0.3) is 0 Å². The van der Waals surface area contributed by atoms with E-state index in [2.05, 4.69) is 46.0 Å². The van der Waals surface area contributed by atoms with Gasteiger partial charge in [-0.05, 0) is 44.1 Å². The third-order valence-electron chi connectivity index (χ3n) is 2.07. The average Bonchev–Trinajstić information content (AvgIpc) is 2.15. The van der Waals surface area contributed by atoms with Crippen LogP contribution in [0.3, 0.4) is 0 Å². The molecule has 0 atom stereocenters. The summed E-state index contributed by atoms with van der Waals surface area (Å²) in [6.07, 6.45) is 2.02. The monoisotopic (exact) mass is 253 g/mol. The van der Waals surface area contributed by atoms with Crippen LogP contribution in [0.2, 0.25) is 0 Å². The van der Waals surface area contributed by atoms with Crippen molar-refractivity contribution in [1.29, 1.82) is 0 Å². The van der Waals surface area contributed by atoms with Crippen LogP contribution in [0.4, 0.5) is 0 Å². The molecule has 0 aliphatic rings. The summed E-state index contributed by atoms with van der Waals surface area (Å²) in [6, 6.07) is 8.38. The second-order valence-electron chi connectivity index (χ2n) is 3.41. The Labute approximate surface area is 94.3 Å². The SMILES string of the molecule is C=C(CCNC)Cc1cccc(Br)c1. The van der Waals surface area contributed by atoms with E-state index in [1.165, 1.54) is 11.1 Å². The highest BCUT2D eigenvalue weighted by molar-refractivity contribution is 9.10. The molecule has 0 aliphatic heterocycles. The Hall–Kier alpha value is -0.600. The molecule has 1 N–H and O–H groups in total. The zero-order valence-electron chi connectivity index (χ0n) is 8.52. The van der Waals surface area contributed by atoms with Crippen molar-refractivity contribution in [3.8, 4) is 0 Å². The van der Waals surface area contributed by atoms with E-state index < -0.39 is 0 Å². The summed E-state index contributed by atoms with van der Waals surface area (Å²) in [6.45, 7) is 5.07. The number of halogens is 1. The topological polar surface area (TPSA) is 12.0 Å². The molecule has 0 aromatic heterocycles. The minimum atomic E-state index is 0.973. The summed E-state index contributed by atoms with van der Waals surface area (Å²) >= 11 is 3.46. The molecular formula is C12H16BrN. The third-order valence-corrected chi connectivity index (χ3v) is 2.56. The van der Waals surface area contributed by atoms with E-state index in [1.54, 1.807) is 0 Å². The van der Waals surface area contributed by atoms with Crippen LogP contribution in [-0.2, 0) is 6.42 Å². The maximum Gasteiger partial charge on any atom is 0.0178 e. The number of nitrogens with one attached hydrogen (secondary N) is 1. The van der Waals surface area contributed by atoms with Gasteiger partial charge in [-0.2, -0.15) is 0 Å². The Bertz CT molecular complexity index is 307. The summed E-state index contributed by atoms with van der Waals surface area (Å²) < 4.78 is 1.14. The molecule has 0 fully saturated rings. The van der Waals surface area contributed by atoms with E-state index in [9.17, 15) is 0 Å². The van der Waals surface area contributed by atoms with Gasteiger partial charge in [0.05, 0.1) is 0 Å². The molecule has 1 rings (SSSR count). The zero-order valence-corrected chi connectivity index (χ0v) is 10.1. The average molecular weight is 254 g/mol. The Morgan fingerprint density at radius 3 is 2.93 bits per heavy atom. The van der Waals surface area contributed by atoms with Gasteiger partial charge in [-0.25, -0.2) is 0 Å². The zero-order chi connectivity index (χ0) is 10.4. The first-order valence-electron chi connectivity index (χ1n) is 4.78. The maximum absolute atomic E-state index is 4.06. The minimum absolute atomic E-state index is 0.973. The Balaban J connectivity index is 2.47. The van der Waals surface area contributed by atoms with Crippen molar-refractivity contribution in [1.82, 2.24) is 5.32 Å². The Morgan fingerprint density at radius 1 is 1.50 bits per heavy atom. The lowest BCUT2D eigenvalue weighted by Gasteiger charge is -2.05. The molecule has 0 aliphatic carbocycles. The van der Waals surface area contributed by atoms with Crippen molar-refractivity contribution in [3.05, 3.63) is 46.5 Å². The standard InChI is InChI=1S/C12H16BrN/c1-10(6-7-14-2)8-11-4-3-5-12(13)9-11/h3-5,9,14H,1,6-8H2,2H3. The van der Waals surface area contributed by atoms with Crippen LogP contribution < -0.4 is 5.32 Å². The molecule has 76 valence electrons. The fraction of sp³-hybridized carbons (Fsp3) is 0.333. The van der Waals surface area contributed by atoms with Gasteiger partial charge in [0.1, 0.15) is 0 Å². The molecule has 2 heteroatoms. The van der Waals surface area contributed by atoms with Gasteiger partial charge in [0.15, 0.2) is 0 Å². The summed E-state index contributed by atoms with van der Waals surface area (Å²) in [4.78, 5) is 0. The summed E-state index contributed by atoms with van der Waals surface area (Å²) in [5.41, 5.74) is 2.60. The van der Waals surface area contributed by atoms with Crippen molar-refractivity contribution >= 4 is 15.9 Å². The smallest absolute Gasteiger partial charge is 0.0178 e. The van der Waals surface area contributed by atoms with E-state index in [0.29, 0.717) is 0 Å². The first kappa shape index (κ1) is 11.5. The predicted molar refractivity (Wildman–Crippen MR) is 65.5 cm³/mol. The summed E-state index contributed by atoms with van der Waals surface area (Å²) in [5.74, 6) is 0. The summed E-state index contributed by atoms with van der Waals surface area (Å²) in [7, 11) is 1.96. The van der Waals surface area contributed by atoms with Gasteiger partial charge in [0, 0.05) is 4.47 Å². The van der Waals surface area contributed by atoms with E-state index in [1.807, 2.05) is 13.1 Å². The quantitative estimate of drug-likeness (QED) is 0.796. The number of hydrogen-bond donors (Lipinski definition) is 1. The third kappa shape index (κ3) is 4.07. The Kier molecular flexibility index (Phi) is 4.91. The molecule has 0 radical (unpaired) electrons. The lowest BCUT2D eigenvalue weighted by Crippen LogP contribution is -2.08. The largest absolute Gasteiger partial charge is 0.319 e. The van der Waals surface area contributed by atoms with Gasteiger partial charge >= 0.3 is 0 Å². The van der Waals surface area contributed by atoms with Crippen LogP contribution in [0.1, 0.15) is 12.0 Å². The first-order chi connectivity index (χ1) is 6.72. The molecule has 0 spiro atoms. The second kappa shape index (κ2) is 5.99. The fourth-order valence-corrected chi connectivity index (χ4v) is 1.77. The fourth-order valence-electron chi connectivity index (χ4n) is 1.33. The van der Waals surface area contributed by atoms with Gasteiger partial charge in [0.2, 0.25) is 0 Å². The lowest BCUT2D eigenvalue weighted by atomic mass is 10.0. The van der Waals surface area contributed by atoms with Crippen LogP contribution in [0.5, 0.6) is 0 Å². The van der Waals surface area contributed by atoms with Gasteiger partial charge < -0.3 is 5.32 Å². The van der Waals surface area contributed by atoms with Crippen molar-refractivity contribution < 1.29 is 0 Å². The highest BCUT2D eigenvalue weighted by Crippen LogP contribution is 2.15. The highest BCUT2D eigenvalue weighted by Gasteiger charge is 1.97. The molecule has 0 bridgehead atoms. The summed E-state index contributed by atoms with van der Waals surface area (Å²) in [5, 5.41) is 3.13. The maximum atomic E-state index is 4.06. The van der Waals surface area contributed by atoms with Crippen LogP contribution in [0.25, 0.3) is 0 Å². The molecule has 0 heterocycles. The molecular weight excluding hydrogens is 238 g/mol. The van der Waals surface area contributed by atoms with Gasteiger partial charge in [-0.1, -0.05) is 40.2 Å². The minimum Gasteiger partial charge on any atom is -0.319 e. The van der Waals surface area contributed by atoms with Crippen molar-refractivity contribution in [2.24, 2.45) is 0 Å². The second-order valence-corrected chi connectivity index (χ2v) is 4.33. The van der Waals surface area contributed by atoms with Crippen LogP contribution in [-0.4, -0.2) is 13.6 Å². The van der Waals surface area contributed by atoms with Crippen molar-refractivity contribution in [2.75, 3.05) is 13.6 Å². The lowest BCUT2D eigenvalue weighted by molar-refractivity contribution is 0.774. The molecule has 14 heavy (non-hydrogen) atoms.